The molecule has 0 aliphatic carbocycles. The third kappa shape index (κ3) is 10.5. The molecule has 0 aliphatic heterocycles. The van der Waals surface area contributed by atoms with Crippen molar-refractivity contribution in [2.45, 2.75) is 96.4 Å². The number of unbranched alkanes of at least 4 members (excludes halogenated alkanes) is 5. The first-order chi connectivity index (χ1) is 10.6. The number of nitrogens with one attached hydrogen (secondary N) is 2. The molecule has 4 N–H and O–H groups in total. The molecule has 0 bridgehead atoms. The highest BCUT2D eigenvalue weighted by atomic mass is 16.3. The monoisotopic (exact) mass is 315 g/mol. The molecule has 22 heavy (non-hydrogen) atoms. The molecule has 133 valence electrons. The van der Waals surface area contributed by atoms with Crippen molar-refractivity contribution in [3.8, 4) is 0 Å². The first-order valence-corrected chi connectivity index (χ1v) is 9.22. The Labute approximate surface area is 138 Å². The summed E-state index contributed by atoms with van der Waals surface area (Å²) in [6, 6.07) is -0.165. The number of aliphatic hydroxyl groups excluding tert-OH is 2. The van der Waals surface area contributed by atoms with Gasteiger partial charge in [-0.15, -0.1) is 0 Å². The molecule has 4 nitrogen and oxygen atoms in total. The summed E-state index contributed by atoms with van der Waals surface area (Å²) < 4.78 is 0. The van der Waals surface area contributed by atoms with Crippen molar-refractivity contribution >= 4 is 0 Å². The van der Waals surface area contributed by atoms with E-state index < -0.39 is 6.10 Å². The summed E-state index contributed by atoms with van der Waals surface area (Å²) >= 11 is 0. The van der Waals surface area contributed by atoms with Crippen LogP contribution in [0.4, 0.5) is 0 Å². The molecule has 0 aromatic carbocycles. The van der Waals surface area contributed by atoms with Gasteiger partial charge in [-0.1, -0.05) is 52.9 Å². The van der Waals surface area contributed by atoms with E-state index in [0.717, 1.165) is 19.4 Å². The molecule has 4 atom stereocenters. The summed E-state index contributed by atoms with van der Waals surface area (Å²) in [6.45, 7) is 11.7. The Hall–Kier alpha value is -0.160. The predicted molar refractivity (Wildman–Crippen MR) is 94.9 cm³/mol. The van der Waals surface area contributed by atoms with Crippen molar-refractivity contribution < 1.29 is 10.2 Å². The lowest BCUT2D eigenvalue weighted by atomic mass is 10.1. The molecule has 1 radical (unpaired) electrons. The molecular weight excluding hydrogens is 276 g/mol. The first-order valence-electron chi connectivity index (χ1n) is 9.22. The van der Waals surface area contributed by atoms with Gasteiger partial charge in [-0.3, -0.25) is 0 Å². The van der Waals surface area contributed by atoms with E-state index in [-0.39, 0.29) is 18.2 Å². The summed E-state index contributed by atoms with van der Waals surface area (Å²) in [5, 5.41) is 26.5. The van der Waals surface area contributed by atoms with Crippen molar-refractivity contribution in [2.24, 2.45) is 0 Å². The van der Waals surface area contributed by atoms with Gasteiger partial charge in [-0.25, -0.2) is 0 Å². The predicted octanol–water partition coefficient (Wildman–Crippen LogP) is 2.64. The minimum Gasteiger partial charge on any atom is -0.392 e. The molecule has 0 spiro atoms. The van der Waals surface area contributed by atoms with Gasteiger partial charge in [0.2, 0.25) is 0 Å². The zero-order valence-electron chi connectivity index (χ0n) is 15.0. The van der Waals surface area contributed by atoms with Gasteiger partial charge < -0.3 is 20.8 Å². The Morgan fingerprint density at radius 2 is 1.41 bits per heavy atom. The van der Waals surface area contributed by atoms with Gasteiger partial charge in [0.15, 0.2) is 0 Å². The number of aliphatic hydroxyl groups is 2. The largest absolute Gasteiger partial charge is 0.392 e. The first kappa shape index (κ1) is 21.8. The summed E-state index contributed by atoms with van der Waals surface area (Å²) in [4.78, 5) is 0. The third-order valence-electron chi connectivity index (χ3n) is 4.30. The second-order valence-corrected chi connectivity index (χ2v) is 6.29. The smallest absolute Gasteiger partial charge is 0.0703 e. The van der Waals surface area contributed by atoms with Gasteiger partial charge in [0.1, 0.15) is 0 Å². The van der Waals surface area contributed by atoms with Crippen LogP contribution in [-0.4, -0.2) is 47.6 Å². The van der Waals surface area contributed by atoms with Crippen LogP contribution in [0.3, 0.4) is 0 Å². The topological polar surface area (TPSA) is 64.5 Å². The molecule has 4 unspecified atom stereocenters. The Morgan fingerprint density at radius 1 is 0.818 bits per heavy atom. The molecule has 0 aliphatic rings. The lowest BCUT2D eigenvalue weighted by Crippen LogP contribution is -2.50. The van der Waals surface area contributed by atoms with Crippen molar-refractivity contribution in [1.29, 1.82) is 0 Å². The Balaban J connectivity index is 3.93. The van der Waals surface area contributed by atoms with E-state index >= 15 is 0 Å². The maximum atomic E-state index is 10.1. The fourth-order valence-electron chi connectivity index (χ4n) is 2.52. The third-order valence-corrected chi connectivity index (χ3v) is 4.30. The Kier molecular flexibility index (Phi) is 14.3. The highest BCUT2D eigenvalue weighted by Crippen LogP contribution is 2.05. The molecule has 0 rings (SSSR count). The van der Waals surface area contributed by atoms with Gasteiger partial charge in [-0.05, 0) is 32.7 Å². The molecule has 4 heteroatoms. The van der Waals surface area contributed by atoms with Crippen LogP contribution in [0.5, 0.6) is 0 Å². The average Bonchev–Trinajstić information content (AvgIpc) is 2.54. The fraction of sp³-hybridized carbons (Fsp3) is 0.944. The zero-order valence-corrected chi connectivity index (χ0v) is 15.0. The lowest BCUT2D eigenvalue weighted by Gasteiger charge is -2.27. The van der Waals surface area contributed by atoms with Crippen LogP contribution in [-0.2, 0) is 0 Å². The summed E-state index contributed by atoms with van der Waals surface area (Å²) in [6.07, 6.45) is 8.28. The molecule has 0 saturated heterocycles. The second kappa shape index (κ2) is 14.4. The van der Waals surface area contributed by atoms with Crippen LogP contribution in [0.25, 0.3) is 0 Å². The van der Waals surface area contributed by atoms with Gasteiger partial charge in [-0.2, -0.15) is 0 Å². The van der Waals surface area contributed by atoms with E-state index in [0.29, 0.717) is 13.0 Å². The van der Waals surface area contributed by atoms with E-state index in [1.807, 2.05) is 13.8 Å². The average molecular weight is 316 g/mol. The van der Waals surface area contributed by atoms with Crippen LogP contribution in [0.15, 0.2) is 0 Å². The van der Waals surface area contributed by atoms with Crippen molar-refractivity contribution in [1.82, 2.24) is 10.6 Å². The van der Waals surface area contributed by atoms with Crippen LogP contribution in [0, 0.1) is 6.92 Å². The van der Waals surface area contributed by atoms with Crippen molar-refractivity contribution in [3.05, 3.63) is 6.92 Å². The second-order valence-electron chi connectivity index (χ2n) is 6.29. The quantitative estimate of drug-likeness (QED) is 0.351. The summed E-state index contributed by atoms with van der Waals surface area (Å²) in [5.41, 5.74) is 0. The highest BCUT2D eigenvalue weighted by molar-refractivity contribution is 4.83. The molecule has 0 aromatic heterocycles. The van der Waals surface area contributed by atoms with Crippen molar-refractivity contribution in [3.63, 3.8) is 0 Å². The molecule has 0 aromatic rings. The van der Waals surface area contributed by atoms with E-state index in [1.54, 1.807) is 0 Å². The van der Waals surface area contributed by atoms with Crippen LogP contribution in [0.2, 0.25) is 0 Å². The van der Waals surface area contributed by atoms with Crippen LogP contribution in [0.1, 0.15) is 72.1 Å². The molecule has 0 fully saturated rings. The SMILES string of the molecule is [CH2]C(NCC(NCCCCCCCC)C(O)CC)C(O)CC. The van der Waals surface area contributed by atoms with Gasteiger partial charge in [0.25, 0.3) is 0 Å². The number of rotatable bonds is 15. The van der Waals surface area contributed by atoms with Gasteiger partial charge in [0, 0.05) is 18.6 Å². The number of hydrogen-bond acceptors (Lipinski definition) is 4. The van der Waals surface area contributed by atoms with E-state index in [4.69, 9.17) is 0 Å². The summed E-state index contributed by atoms with van der Waals surface area (Å²) in [5.74, 6) is 0. The highest BCUT2D eigenvalue weighted by Gasteiger charge is 2.19. The molecule has 0 heterocycles. The van der Waals surface area contributed by atoms with E-state index in [9.17, 15) is 10.2 Å². The fourth-order valence-corrected chi connectivity index (χ4v) is 2.52. The van der Waals surface area contributed by atoms with E-state index in [1.165, 1.54) is 32.1 Å². The number of hydrogen-bond donors (Lipinski definition) is 4. The minimum absolute atomic E-state index is 0.0222. The van der Waals surface area contributed by atoms with Crippen molar-refractivity contribution in [2.75, 3.05) is 13.1 Å². The van der Waals surface area contributed by atoms with Crippen LogP contribution < -0.4 is 10.6 Å². The molecule has 0 saturated carbocycles. The molecule has 0 amide bonds. The maximum Gasteiger partial charge on any atom is 0.0703 e. The maximum absolute atomic E-state index is 10.1. The van der Waals surface area contributed by atoms with E-state index in [2.05, 4.69) is 24.5 Å². The Morgan fingerprint density at radius 3 is 2.00 bits per heavy atom. The standard InChI is InChI=1S/C18H39N2O2/c1-5-8-9-10-11-12-13-19-16(18(22)7-3)14-20-15(4)17(21)6-2/h15-22H,4-14H2,1-3H3. The summed E-state index contributed by atoms with van der Waals surface area (Å²) in [7, 11) is 0. The molecular formula is C18H39N2O2. The van der Waals surface area contributed by atoms with Crippen LogP contribution >= 0.6 is 0 Å². The van der Waals surface area contributed by atoms with Gasteiger partial charge in [0.05, 0.1) is 12.2 Å². The minimum atomic E-state index is -0.432. The zero-order chi connectivity index (χ0) is 16.8. The van der Waals surface area contributed by atoms with Gasteiger partial charge >= 0.3 is 0 Å². The normalized spacial score (nSPS) is 17.2. The lowest BCUT2D eigenvalue weighted by molar-refractivity contribution is 0.108. The Bertz CT molecular complexity index is 239.